The summed E-state index contributed by atoms with van der Waals surface area (Å²) in [5.74, 6) is -1.07. The van der Waals surface area contributed by atoms with Crippen molar-refractivity contribution in [3.8, 4) is 0 Å². The van der Waals surface area contributed by atoms with Crippen LogP contribution in [-0.2, 0) is 9.84 Å². The summed E-state index contributed by atoms with van der Waals surface area (Å²) >= 11 is 5.45. The first kappa shape index (κ1) is 14.8. The summed E-state index contributed by atoms with van der Waals surface area (Å²) in [5, 5.41) is 9.84. The lowest BCUT2D eigenvalue weighted by molar-refractivity contribution is -0.390. The molecule has 1 aromatic rings. The molecule has 0 amide bonds. The molecule has 0 radical (unpaired) electrons. The lowest BCUT2D eigenvalue weighted by Crippen LogP contribution is -2.20. The Bertz CT molecular complexity index is 561. The average molecular weight is 296 g/mol. The zero-order chi connectivity index (χ0) is 13.9. The Morgan fingerprint density at radius 3 is 2.61 bits per heavy atom. The van der Waals surface area contributed by atoms with Crippen molar-refractivity contribution in [2.24, 2.45) is 0 Å². The summed E-state index contributed by atoms with van der Waals surface area (Å²) in [6.45, 7) is 1.38. The maximum atomic E-state index is 13.3. The van der Waals surface area contributed by atoms with E-state index in [4.69, 9.17) is 11.6 Å². The second-order valence-electron chi connectivity index (χ2n) is 3.68. The second-order valence-corrected chi connectivity index (χ2v) is 6.39. The van der Waals surface area contributed by atoms with Gasteiger partial charge < -0.3 is 0 Å². The predicted octanol–water partition coefficient (Wildman–Crippen LogP) is 2.53. The number of rotatable bonds is 5. The highest BCUT2D eigenvalue weighted by atomic mass is 35.5. The molecule has 0 bridgehead atoms. The fourth-order valence-electron chi connectivity index (χ4n) is 1.43. The Morgan fingerprint density at radius 1 is 1.50 bits per heavy atom. The van der Waals surface area contributed by atoms with E-state index in [1.807, 2.05) is 0 Å². The van der Waals surface area contributed by atoms with Crippen LogP contribution >= 0.6 is 11.6 Å². The third-order valence-electron chi connectivity index (χ3n) is 2.48. The lowest BCUT2D eigenvalue weighted by atomic mass is 10.3. The zero-order valence-electron chi connectivity index (χ0n) is 9.47. The van der Waals surface area contributed by atoms with E-state index < -0.39 is 36.4 Å². The molecule has 0 fully saturated rings. The van der Waals surface area contributed by atoms with E-state index in [1.165, 1.54) is 6.92 Å². The van der Waals surface area contributed by atoms with E-state index in [2.05, 4.69) is 0 Å². The lowest BCUT2D eigenvalue weighted by Gasteiger charge is -2.11. The number of benzene rings is 1. The first-order valence-electron chi connectivity index (χ1n) is 5.05. The molecule has 0 aromatic heterocycles. The topological polar surface area (TPSA) is 77.3 Å². The maximum absolute atomic E-state index is 13.3. The molecule has 100 valence electrons. The molecule has 0 aliphatic carbocycles. The number of para-hydroxylation sites is 1. The van der Waals surface area contributed by atoms with Crippen molar-refractivity contribution in [3.05, 3.63) is 34.1 Å². The highest BCUT2D eigenvalue weighted by molar-refractivity contribution is 7.92. The Balaban J connectivity index is 3.42. The molecule has 0 heterocycles. The summed E-state index contributed by atoms with van der Waals surface area (Å²) in [6.07, 6.45) is 0.136. The first-order chi connectivity index (χ1) is 8.32. The standard InChI is InChI=1S/C10H11ClFNO4S/c1-7(5-6-11)18(16,17)9-4-2-3-8(12)10(9)13(14)15/h2-4,7H,5-6H2,1H3. The number of nitro benzene ring substituents is 1. The van der Waals surface area contributed by atoms with Gasteiger partial charge in [-0.1, -0.05) is 6.07 Å². The van der Waals surface area contributed by atoms with Crippen molar-refractivity contribution in [2.75, 3.05) is 5.88 Å². The SMILES string of the molecule is CC(CCCl)S(=O)(=O)c1cccc(F)c1[N+](=O)[O-]. The van der Waals surface area contributed by atoms with E-state index in [0.717, 1.165) is 18.2 Å². The summed E-state index contributed by atoms with van der Waals surface area (Å²) in [5.41, 5.74) is -1.01. The molecule has 0 spiro atoms. The van der Waals surface area contributed by atoms with Crippen LogP contribution in [0.4, 0.5) is 10.1 Å². The minimum atomic E-state index is -3.97. The van der Waals surface area contributed by atoms with Gasteiger partial charge in [0.15, 0.2) is 9.84 Å². The molecule has 0 aliphatic rings. The van der Waals surface area contributed by atoms with Crippen LogP contribution in [-0.4, -0.2) is 24.5 Å². The monoisotopic (exact) mass is 295 g/mol. The van der Waals surface area contributed by atoms with Gasteiger partial charge in [0.2, 0.25) is 5.82 Å². The molecule has 0 aliphatic heterocycles. The van der Waals surface area contributed by atoms with Crippen molar-refractivity contribution < 1.29 is 17.7 Å². The van der Waals surface area contributed by atoms with Crippen molar-refractivity contribution in [3.63, 3.8) is 0 Å². The highest BCUT2D eigenvalue weighted by Gasteiger charge is 2.32. The van der Waals surface area contributed by atoms with Gasteiger partial charge in [-0.25, -0.2) is 8.42 Å². The van der Waals surface area contributed by atoms with Gasteiger partial charge in [-0.3, -0.25) is 10.1 Å². The molecule has 8 heteroatoms. The molecule has 1 rings (SSSR count). The Kier molecular flexibility index (Phi) is 4.64. The van der Waals surface area contributed by atoms with Crippen molar-refractivity contribution >= 4 is 27.1 Å². The van der Waals surface area contributed by atoms with E-state index in [-0.39, 0.29) is 12.3 Å². The fraction of sp³-hybridized carbons (Fsp3) is 0.400. The van der Waals surface area contributed by atoms with Crippen LogP contribution in [0.2, 0.25) is 0 Å². The first-order valence-corrected chi connectivity index (χ1v) is 7.13. The smallest absolute Gasteiger partial charge is 0.258 e. The zero-order valence-corrected chi connectivity index (χ0v) is 11.0. The van der Waals surface area contributed by atoms with Gasteiger partial charge >= 0.3 is 5.69 Å². The highest BCUT2D eigenvalue weighted by Crippen LogP contribution is 2.30. The van der Waals surface area contributed by atoms with Crippen LogP contribution in [0, 0.1) is 15.9 Å². The van der Waals surface area contributed by atoms with Gasteiger partial charge in [0.1, 0.15) is 4.90 Å². The maximum Gasteiger partial charge on any atom is 0.323 e. The molecule has 5 nitrogen and oxygen atoms in total. The Labute approximate surface area is 109 Å². The second kappa shape index (κ2) is 5.62. The van der Waals surface area contributed by atoms with Gasteiger partial charge in [0.25, 0.3) is 0 Å². The summed E-state index contributed by atoms with van der Waals surface area (Å²) in [7, 11) is -3.97. The van der Waals surface area contributed by atoms with Gasteiger partial charge in [-0.15, -0.1) is 11.6 Å². The number of halogens is 2. The van der Waals surface area contributed by atoms with Crippen molar-refractivity contribution in [1.82, 2.24) is 0 Å². The van der Waals surface area contributed by atoms with Crippen LogP contribution in [0.1, 0.15) is 13.3 Å². The summed E-state index contributed by atoms with van der Waals surface area (Å²) in [4.78, 5) is 9.11. The number of nitrogens with zero attached hydrogens (tertiary/aromatic N) is 1. The van der Waals surface area contributed by atoms with Gasteiger partial charge in [-0.2, -0.15) is 4.39 Å². The van der Waals surface area contributed by atoms with E-state index in [9.17, 15) is 22.9 Å². The molecule has 0 N–H and O–H groups in total. The normalized spacial score (nSPS) is 13.3. The molecule has 0 saturated carbocycles. The van der Waals surface area contributed by atoms with Gasteiger partial charge in [0.05, 0.1) is 10.2 Å². The minimum absolute atomic E-state index is 0.101. The number of hydrogen-bond donors (Lipinski definition) is 0. The van der Waals surface area contributed by atoms with E-state index in [0.29, 0.717) is 0 Å². The quantitative estimate of drug-likeness (QED) is 0.475. The van der Waals surface area contributed by atoms with E-state index in [1.54, 1.807) is 0 Å². The number of sulfone groups is 1. The van der Waals surface area contributed by atoms with Gasteiger partial charge in [0, 0.05) is 5.88 Å². The molecule has 1 atom stereocenters. The average Bonchev–Trinajstić information content (AvgIpc) is 2.28. The largest absolute Gasteiger partial charge is 0.323 e. The number of nitro groups is 1. The minimum Gasteiger partial charge on any atom is -0.258 e. The molecule has 0 saturated heterocycles. The van der Waals surface area contributed by atoms with Gasteiger partial charge in [-0.05, 0) is 25.5 Å². The molecule has 1 aromatic carbocycles. The van der Waals surface area contributed by atoms with Crippen LogP contribution in [0.25, 0.3) is 0 Å². The summed E-state index contributed by atoms with van der Waals surface area (Å²) in [6, 6.07) is 3.01. The molecular weight excluding hydrogens is 285 g/mol. The fourth-order valence-corrected chi connectivity index (χ4v) is 3.46. The molecule has 18 heavy (non-hydrogen) atoms. The van der Waals surface area contributed by atoms with E-state index >= 15 is 0 Å². The molecule has 1 unspecified atom stereocenters. The Morgan fingerprint density at radius 2 is 2.11 bits per heavy atom. The number of hydrogen-bond acceptors (Lipinski definition) is 4. The summed E-state index contributed by atoms with van der Waals surface area (Å²) < 4.78 is 37.5. The molecular formula is C10H11ClFNO4S. The van der Waals surface area contributed by atoms with Crippen LogP contribution in [0.15, 0.2) is 23.1 Å². The third-order valence-corrected chi connectivity index (χ3v) is 4.94. The van der Waals surface area contributed by atoms with Crippen LogP contribution in [0.3, 0.4) is 0 Å². The van der Waals surface area contributed by atoms with Crippen molar-refractivity contribution in [2.45, 2.75) is 23.5 Å². The Hall–Kier alpha value is -1.21. The number of alkyl halides is 1. The predicted molar refractivity (Wildman–Crippen MR) is 65.0 cm³/mol. The van der Waals surface area contributed by atoms with Crippen LogP contribution < -0.4 is 0 Å². The van der Waals surface area contributed by atoms with Crippen molar-refractivity contribution in [1.29, 1.82) is 0 Å². The third kappa shape index (κ3) is 2.78. The van der Waals surface area contributed by atoms with Crippen LogP contribution in [0.5, 0.6) is 0 Å².